The van der Waals surface area contributed by atoms with Gasteiger partial charge >= 0.3 is 0 Å². The van der Waals surface area contributed by atoms with Crippen LogP contribution in [0, 0.1) is 0 Å². The Morgan fingerprint density at radius 3 is 2.56 bits per heavy atom. The highest BCUT2D eigenvalue weighted by Crippen LogP contribution is 2.25. The van der Waals surface area contributed by atoms with Gasteiger partial charge in [0.25, 0.3) is 5.56 Å². The van der Waals surface area contributed by atoms with Crippen LogP contribution in [-0.2, 0) is 13.5 Å². The normalized spacial score (nSPS) is 17.2. The Balaban J connectivity index is 0.000000269. The van der Waals surface area contributed by atoms with Gasteiger partial charge in [-0.25, -0.2) is 4.98 Å². The molecule has 1 aromatic carbocycles. The molecule has 1 aliphatic heterocycles. The summed E-state index contributed by atoms with van der Waals surface area (Å²) >= 11 is 11.9. The third-order valence-corrected chi connectivity index (χ3v) is 4.93. The van der Waals surface area contributed by atoms with Crippen molar-refractivity contribution in [2.24, 2.45) is 7.05 Å². The molecule has 1 fully saturated rings. The first-order chi connectivity index (χ1) is 11.9. The molecule has 2 heterocycles. The Kier molecular flexibility index (Phi) is 7.69. The Hall–Kier alpha value is -1.14. The zero-order valence-corrected chi connectivity index (χ0v) is 16.5. The van der Waals surface area contributed by atoms with Crippen LogP contribution >= 0.6 is 23.2 Å². The van der Waals surface area contributed by atoms with E-state index in [1.807, 2.05) is 0 Å². The van der Waals surface area contributed by atoms with E-state index in [0.717, 1.165) is 44.7 Å². The number of hydrogen-bond acceptors (Lipinski definition) is 4. The van der Waals surface area contributed by atoms with Gasteiger partial charge in [-0.1, -0.05) is 36.5 Å². The molecule has 2 aromatic rings. The second-order valence-corrected chi connectivity index (χ2v) is 7.15. The minimum atomic E-state index is -0.0790. The molecular weight excluding hydrogens is 359 g/mol. The molecule has 1 saturated heterocycles. The highest BCUT2D eigenvalue weighted by atomic mass is 35.5. The van der Waals surface area contributed by atoms with Crippen molar-refractivity contribution >= 4 is 34.1 Å². The number of halogens is 2. The summed E-state index contributed by atoms with van der Waals surface area (Å²) in [6.45, 7) is 7.67. The summed E-state index contributed by atoms with van der Waals surface area (Å²) in [5, 5.41) is 7.90. The van der Waals surface area contributed by atoms with Gasteiger partial charge in [-0.3, -0.25) is 9.36 Å². The van der Waals surface area contributed by atoms with Crippen molar-refractivity contribution in [3.63, 3.8) is 0 Å². The second-order valence-electron chi connectivity index (χ2n) is 6.34. The quantitative estimate of drug-likeness (QED) is 0.852. The Bertz CT molecular complexity index is 770. The number of hydrogen-bond donors (Lipinski definition) is 2. The van der Waals surface area contributed by atoms with Gasteiger partial charge in [0.1, 0.15) is 5.82 Å². The third-order valence-electron chi connectivity index (χ3n) is 4.21. The number of nitrogens with zero attached hydrogens (tertiary/aromatic N) is 2. The minimum absolute atomic E-state index is 0.0790. The van der Waals surface area contributed by atoms with E-state index in [0.29, 0.717) is 27.0 Å². The van der Waals surface area contributed by atoms with Crippen molar-refractivity contribution in [2.45, 2.75) is 39.2 Å². The highest BCUT2D eigenvalue weighted by Gasteiger charge is 2.10. The number of nitrogens with one attached hydrogen (secondary N) is 2. The van der Waals surface area contributed by atoms with Gasteiger partial charge in [0, 0.05) is 39.1 Å². The maximum Gasteiger partial charge on any atom is 0.261 e. The first-order valence-electron chi connectivity index (χ1n) is 8.72. The predicted molar refractivity (Wildman–Crippen MR) is 106 cm³/mol. The highest BCUT2D eigenvalue weighted by molar-refractivity contribution is 6.42. The molecule has 7 heteroatoms. The van der Waals surface area contributed by atoms with Gasteiger partial charge in [0.15, 0.2) is 0 Å². The lowest BCUT2D eigenvalue weighted by atomic mass is 10.2. The lowest BCUT2D eigenvalue weighted by Crippen LogP contribution is -2.46. The van der Waals surface area contributed by atoms with E-state index in [1.54, 1.807) is 23.7 Å². The number of aromatic nitrogens is 2. The molecule has 1 atom stereocenters. The van der Waals surface area contributed by atoms with E-state index in [4.69, 9.17) is 23.2 Å². The van der Waals surface area contributed by atoms with Crippen LogP contribution in [0.3, 0.4) is 0 Å². The fourth-order valence-electron chi connectivity index (χ4n) is 2.67. The number of fused-ring (bicyclic) bond motifs is 1. The van der Waals surface area contributed by atoms with Crippen LogP contribution in [0.1, 0.15) is 32.5 Å². The summed E-state index contributed by atoms with van der Waals surface area (Å²) in [7, 11) is 1.74. The van der Waals surface area contributed by atoms with Crippen molar-refractivity contribution in [2.75, 3.05) is 19.6 Å². The van der Waals surface area contributed by atoms with Gasteiger partial charge in [-0.15, -0.1) is 0 Å². The van der Waals surface area contributed by atoms with Crippen molar-refractivity contribution in [3.8, 4) is 0 Å². The molecule has 5 nitrogen and oxygen atoms in total. The molecule has 0 amide bonds. The average molecular weight is 385 g/mol. The summed E-state index contributed by atoms with van der Waals surface area (Å²) in [5.41, 5.74) is 0.531. The Morgan fingerprint density at radius 2 is 2.00 bits per heavy atom. The molecule has 138 valence electrons. The predicted octanol–water partition coefficient (Wildman–Crippen LogP) is 3.15. The molecule has 25 heavy (non-hydrogen) atoms. The largest absolute Gasteiger partial charge is 0.314 e. The van der Waals surface area contributed by atoms with Crippen LogP contribution in [0.15, 0.2) is 16.9 Å². The van der Waals surface area contributed by atoms with Crippen LogP contribution in [0.4, 0.5) is 0 Å². The van der Waals surface area contributed by atoms with E-state index in [2.05, 4.69) is 29.5 Å². The smallest absolute Gasteiger partial charge is 0.261 e. The average Bonchev–Trinajstić information content (AvgIpc) is 2.60. The van der Waals surface area contributed by atoms with Crippen LogP contribution in [0.2, 0.25) is 10.0 Å². The van der Waals surface area contributed by atoms with E-state index < -0.39 is 0 Å². The molecule has 1 aliphatic rings. The van der Waals surface area contributed by atoms with Gasteiger partial charge in [0.05, 0.1) is 20.9 Å². The summed E-state index contributed by atoms with van der Waals surface area (Å²) in [6, 6.07) is 3.91. The Labute approximate surface area is 158 Å². The lowest BCUT2D eigenvalue weighted by molar-refractivity contribution is 0.442. The molecule has 0 bridgehead atoms. The lowest BCUT2D eigenvalue weighted by Gasteiger charge is -2.19. The fourth-order valence-corrected chi connectivity index (χ4v) is 2.99. The summed E-state index contributed by atoms with van der Waals surface area (Å²) < 4.78 is 1.59. The van der Waals surface area contributed by atoms with Crippen LogP contribution in [0.25, 0.3) is 10.9 Å². The van der Waals surface area contributed by atoms with E-state index in [9.17, 15) is 4.79 Å². The molecule has 2 N–H and O–H groups in total. The molecule has 1 aromatic heterocycles. The zero-order valence-electron chi connectivity index (χ0n) is 15.0. The van der Waals surface area contributed by atoms with E-state index in [1.165, 1.54) is 0 Å². The minimum Gasteiger partial charge on any atom is -0.314 e. The third kappa shape index (κ3) is 5.42. The summed E-state index contributed by atoms with van der Waals surface area (Å²) in [4.78, 5) is 16.7. The number of unbranched alkanes of at least 4 members (excludes halogenated alkanes) is 1. The SMILES string of the molecule is CC1CNCCN1.CCCCc1nc2cc(Cl)c(Cl)cc2c(=O)n1C. The van der Waals surface area contributed by atoms with Crippen LogP contribution in [-0.4, -0.2) is 35.2 Å². The van der Waals surface area contributed by atoms with Gasteiger partial charge in [-0.05, 0) is 25.5 Å². The number of piperazine rings is 1. The molecular formula is C18H26Cl2N4O. The maximum absolute atomic E-state index is 12.2. The number of benzene rings is 1. The molecule has 3 rings (SSSR count). The van der Waals surface area contributed by atoms with E-state index in [-0.39, 0.29) is 5.56 Å². The molecule has 0 saturated carbocycles. The van der Waals surface area contributed by atoms with Gasteiger partial charge < -0.3 is 10.6 Å². The fraction of sp³-hybridized carbons (Fsp3) is 0.556. The zero-order chi connectivity index (χ0) is 18.4. The first-order valence-corrected chi connectivity index (χ1v) is 9.48. The first kappa shape index (κ1) is 20.2. The van der Waals surface area contributed by atoms with Gasteiger partial charge in [-0.2, -0.15) is 0 Å². The molecule has 0 radical (unpaired) electrons. The monoisotopic (exact) mass is 384 g/mol. The molecule has 1 unspecified atom stereocenters. The topological polar surface area (TPSA) is 59.0 Å². The maximum atomic E-state index is 12.2. The van der Waals surface area contributed by atoms with E-state index >= 15 is 0 Å². The standard InChI is InChI=1S/C13H14Cl2N2O.C5H12N2/c1-3-4-5-12-16-11-7-10(15)9(14)6-8(11)13(18)17(12)2;1-5-4-6-2-3-7-5/h6-7H,3-5H2,1-2H3;5-7H,2-4H2,1H3. The van der Waals surface area contributed by atoms with Crippen molar-refractivity contribution in [1.29, 1.82) is 0 Å². The Morgan fingerprint density at radius 1 is 1.28 bits per heavy atom. The van der Waals surface area contributed by atoms with Crippen molar-refractivity contribution < 1.29 is 0 Å². The van der Waals surface area contributed by atoms with Gasteiger partial charge in [0.2, 0.25) is 0 Å². The van der Waals surface area contributed by atoms with Crippen LogP contribution < -0.4 is 16.2 Å². The number of rotatable bonds is 3. The van der Waals surface area contributed by atoms with Crippen LogP contribution in [0.5, 0.6) is 0 Å². The summed E-state index contributed by atoms with van der Waals surface area (Å²) in [6.07, 6.45) is 2.86. The second kappa shape index (κ2) is 9.53. The van der Waals surface area contributed by atoms with Crippen molar-refractivity contribution in [3.05, 3.63) is 38.4 Å². The number of aryl methyl sites for hydroxylation is 1. The summed E-state index contributed by atoms with van der Waals surface area (Å²) in [5.74, 6) is 0.785. The molecule has 0 aliphatic carbocycles. The van der Waals surface area contributed by atoms with Crippen molar-refractivity contribution in [1.82, 2.24) is 20.2 Å². The molecule has 0 spiro atoms.